The van der Waals surface area contributed by atoms with Gasteiger partial charge in [0.15, 0.2) is 0 Å². The van der Waals surface area contributed by atoms with Crippen molar-refractivity contribution >= 4 is 50.7 Å². The van der Waals surface area contributed by atoms with Gasteiger partial charge in [-0.15, -0.1) is 0 Å². The van der Waals surface area contributed by atoms with Crippen molar-refractivity contribution in [3.8, 4) is 0 Å². The minimum atomic E-state index is 0.00800. The molecule has 19 heavy (non-hydrogen) atoms. The summed E-state index contributed by atoms with van der Waals surface area (Å²) >= 11 is 15.4. The Morgan fingerprint density at radius 1 is 1.42 bits per heavy atom. The Balaban J connectivity index is 2.08. The molecule has 0 saturated carbocycles. The summed E-state index contributed by atoms with van der Waals surface area (Å²) in [6.45, 7) is 2.96. The van der Waals surface area contributed by atoms with Gasteiger partial charge in [0.2, 0.25) is 5.91 Å². The van der Waals surface area contributed by atoms with Gasteiger partial charge in [-0.1, -0.05) is 23.2 Å². The van der Waals surface area contributed by atoms with Gasteiger partial charge in [-0.2, -0.15) is 0 Å². The lowest BCUT2D eigenvalue weighted by molar-refractivity contribution is -0.120. The second-order valence-electron chi connectivity index (χ2n) is 4.79. The van der Waals surface area contributed by atoms with Gasteiger partial charge in [0, 0.05) is 16.4 Å². The molecular weight excluding hydrogens is 351 g/mol. The number of nitrogens with one attached hydrogen (secondary N) is 2. The molecule has 0 radical (unpaired) electrons. The summed E-state index contributed by atoms with van der Waals surface area (Å²) in [6.07, 6.45) is 1.69. The van der Waals surface area contributed by atoms with E-state index >= 15 is 0 Å². The first-order valence-electron chi connectivity index (χ1n) is 6.16. The minimum absolute atomic E-state index is 0.00800. The molecule has 1 aliphatic rings. The highest BCUT2D eigenvalue weighted by atomic mass is 79.9. The zero-order valence-corrected chi connectivity index (χ0v) is 13.6. The molecular formula is C13H15BrCl2N2O. The summed E-state index contributed by atoms with van der Waals surface area (Å²) in [4.78, 5) is 12.2. The minimum Gasteiger partial charge on any atom is -0.324 e. The maximum Gasteiger partial charge on any atom is 0.227 e. The predicted molar refractivity (Wildman–Crippen MR) is 83.0 cm³/mol. The molecule has 1 fully saturated rings. The van der Waals surface area contributed by atoms with E-state index < -0.39 is 0 Å². The second-order valence-corrected chi connectivity index (χ2v) is 6.40. The van der Waals surface area contributed by atoms with Crippen LogP contribution in [-0.2, 0) is 4.79 Å². The SMILES string of the molecule is CC1CC(C(=O)Nc2ccc(Br)c(Cl)c2Cl)CCN1. The first-order valence-corrected chi connectivity index (χ1v) is 7.71. The van der Waals surface area contributed by atoms with E-state index in [1.807, 2.05) is 0 Å². The van der Waals surface area contributed by atoms with Crippen LogP contribution in [0.25, 0.3) is 0 Å². The number of amides is 1. The molecule has 2 atom stereocenters. The molecule has 2 unspecified atom stereocenters. The van der Waals surface area contributed by atoms with Gasteiger partial charge in [-0.05, 0) is 54.4 Å². The molecule has 0 bridgehead atoms. The van der Waals surface area contributed by atoms with Crippen LogP contribution < -0.4 is 10.6 Å². The Morgan fingerprint density at radius 3 is 2.84 bits per heavy atom. The molecule has 1 saturated heterocycles. The van der Waals surface area contributed by atoms with Crippen LogP contribution in [0.5, 0.6) is 0 Å². The van der Waals surface area contributed by atoms with E-state index in [1.54, 1.807) is 12.1 Å². The second kappa shape index (κ2) is 6.44. The fraction of sp³-hybridized carbons (Fsp3) is 0.462. The van der Waals surface area contributed by atoms with Gasteiger partial charge in [-0.25, -0.2) is 0 Å². The number of carbonyl (C=O) groups excluding carboxylic acids is 1. The van der Waals surface area contributed by atoms with E-state index in [0.717, 1.165) is 19.4 Å². The van der Waals surface area contributed by atoms with E-state index in [2.05, 4.69) is 33.5 Å². The summed E-state index contributed by atoms with van der Waals surface area (Å²) in [7, 11) is 0. The molecule has 2 N–H and O–H groups in total. The van der Waals surface area contributed by atoms with Crippen LogP contribution in [0.2, 0.25) is 10.0 Å². The molecule has 3 nitrogen and oxygen atoms in total. The highest BCUT2D eigenvalue weighted by Crippen LogP contribution is 2.36. The number of rotatable bonds is 2. The number of hydrogen-bond acceptors (Lipinski definition) is 2. The lowest BCUT2D eigenvalue weighted by Gasteiger charge is -2.27. The van der Waals surface area contributed by atoms with Gasteiger partial charge in [0.05, 0.1) is 15.7 Å². The van der Waals surface area contributed by atoms with E-state index in [0.29, 0.717) is 26.2 Å². The van der Waals surface area contributed by atoms with Crippen molar-refractivity contribution in [3.63, 3.8) is 0 Å². The molecule has 2 rings (SSSR count). The van der Waals surface area contributed by atoms with E-state index in [-0.39, 0.29) is 11.8 Å². The fourth-order valence-corrected chi connectivity index (χ4v) is 3.05. The maximum absolute atomic E-state index is 12.2. The number of carbonyl (C=O) groups is 1. The van der Waals surface area contributed by atoms with Gasteiger partial charge < -0.3 is 10.6 Å². The van der Waals surface area contributed by atoms with Gasteiger partial charge >= 0.3 is 0 Å². The Hall–Kier alpha value is -0.290. The summed E-state index contributed by atoms with van der Waals surface area (Å²) in [5.74, 6) is 0.0309. The number of benzene rings is 1. The topological polar surface area (TPSA) is 41.1 Å². The molecule has 0 spiro atoms. The molecule has 0 aliphatic carbocycles. The number of anilines is 1. The lowest BCUT2D eigenvalue weighted by atomic mass is 9.92. The van der Waals surface area contributed by atoms with E-state index in [9.17, 15) is 4.79 Å². The summed E-state index contributed by atoms with van der Waals surface area (Å²) in [5.41, 5.74) is 0.561. The van der Waals surface area contributed by atoms with Crippen LogP contribution in [0.15, 0.2) is 16.6 Å². The summed E-state index contributed by atoms with van der Waals surface area (Å²) in [6, 6.07) is 3.89. The largest absolute Gasteiger partial charge is 0.324 e. The molecule has 1 heterocycles. The molecule has 6 heteroatoms. The van der Waals surface area contributed by atoms with E-state index in [4.69, 9.17) is 23.2 Å². The van der Waals surface area contributed by atoms with Crippen molar-refractivity contribution in [2.75, 3.05) is 11.9 Å². The van der Waals surface area contributed by atoms with Crippen LogP contribution in [0, 0.1) is 5.92 Å². The first kappa shape index (κ1) is 15.1. The Labute approximate surface area is 131 Å². The highest BCUT2D eigenvalue weighted by molar-refractivity contribution is 9.10. The van der Waals surface area contributed by atoms with Crippen LogP contribution in [0.3, 0.4) is 0 Å². The van der Waals surface area contributed by atoms with Crippen LogP contribution in [0.1, 0.15) is 19.8 Å². The molecule has 1 aromatic rings. The molecule has 1 aliphatic heterocycles. The van der Waals surface area contributed by atoms with Crippen LogP contribution in [0.4, 0.5) is 5.69 Å². The van der Waals surface area contributed by atoms with Gasteiger partial charge in [0.25, 0.3) is 0 Å². The van der Waals surface area contributed by atoms with Crippen LogP contribution >= 0.6 is 39.1 Å². The van der Waals surface area contributed by atoms with Crippen molar-refractivity contribution in [2.24, 2.45) is 5.92 Å². The first-order chi connectivity index (χ1) is 8.99. The maximum atomic E-state index is 12.2. The molecule has 0 aromatic heterocycles. The normalized spacial score (nSPS) is 23.2. The Kier molecular flexibility index (Phi) is 5.12. The summed E-state index contributed by atoms with van der Waals surface area (Å²) < 4.78 is 0.715. The third-order valence-electron chi connectivity index (χ3n) is 3.29. The van der Waals surface area contributed by atoms with Crippen molar-refractivity contribution in [1.29, 1.82) is 0 Å². The monoisotopic (exact) mass is 364 g/mol. The molecule has 1 amide bonds. The molecule has 1 aromatic carbocycles. The lowest BCUT2D eigenvalue weighted by Crippen LogP contribution is -2.40. The van der Waals surface area contributed by atoms with Gasteiger partial charge in [0.1, 0.15) is 0 Å². The number of piperidine rings is 1. The third kappa shape index (κ3) is 3.63. The van der Waals surface area contributed by atoms with Gasteiger partial charge in [-0.3, -0.25) is 4.79 Å². The smallest absolute Gasteiger partial charge is 0.227 e. The Bertz CT molecular complexity index is 496. The van der Waals surface area contributed by atoms with E-state index in [1.165, 1.54) is 0 Å². The van der Waals surface area contributed by atoms with Crippen molar-refractivity contribution in [1.82, 2.24) is 5.32 Å². The van der Waals surface area contributed by atoms with Crippen LogP contribution in [-0.4, -0.2) is 18.5 Å². The Morgan fingerprint density at radius 2 is 2.16 bits per heavy atom. The average Bonchev–Trinajstić information content (AvgIpc) is 2.39. The average molecular weight is 366 g/mol. The van der Waals surface area contributed by atoms with Crippen molar-refractivity contribution < 1.29 is 4.79 Å². The summed E-state index contributed by atoms with van der Waals surface area (Å²) in [5, 5.41) is 6.97. The standard InChI is InChI=1S/C13H15BrCl2N2O/c1-7-6-8(4-5-17-7)13(19)18-10-3-2-9(14)11(15)12(10)16/h2-3,7-8,17H,4-6H2,1H3,(H,18,19). The van der Waals surface area contributed by atoms with Crippen molar-refractivity contribution in [2.45, 2.75) is 25.8 Å². The zero-order valence-electron chi connectivity index (χ0n) is 10.5. The third-order valence-corrected chi connectivity index (χ3v) is 5.06. The predicted octanol–water partition coefficient (Wildman–Crippen LogP) is 4.08. The fourth-order valence-electron chi connectivity index (χ4n) is 2.23. The number of halogens is 3. The van der Waals surface area contributed by atoms with Crippen molar-refractivity contribution in [3.05, 3.63) is 26.7 Å². The zero-order chi connectivity index (χ0) is 14.0. The quantitative estimate of drug-likeness (QED) is 0.775. The number of hydrogen-bond donors (Lipinski definition) is 2. The molecule has 104 valence electrons. The highest BCUT2D eigenvalue weighted by Gasteiger charge is 2.25.